The van der Waals surface area contributed by atoms with Crippen LogP contribution in [-0.2, 0) is 13.3 Å². The summed E-state index contributed by atoms with van der Waals surface area (Å²) in [7, 11) is 0. The number of ether oxygens (including phenoxy) is 1. The SMILES string of the molecule is Cc1ccc(CN2CCN(C(=O)c3ccn(COc4ccc(Cl)cc4Cl)n3)CC2)cc1. The van der Waals surface area contributed by atoms with Crippen LogP contribution in [0.25, 0.3) is 0 Å². The van der Waals surface area contributed by atoms with Gasteiger partial charge in [-0.25, -0.2) is 4.68 Å². The molecular formula is C23H24Cl2N4O2. The van der Waals surface area contributed by atoms with Crippen molar-refractivity contribution >= 4 is 29.1 Å². The molecule has 1 aromatic heterocycles. The lowest BCUT2D eigenvalue weighted by molar-refractivity contribution is 0.0621. The molecule has 0 radical (unpaired) electrons. The van der Waals surface area contributed by atoms with Crippen molar-refractivity contribution in [2.24, 2.45) is 0 Å². The number of rotatable bonds is 6. The molecule has 1 aliphatic heterocycles. The van der Waals surface area contributed by atoms with E-state index in [0.717, 1.165) is 19.6 Å². The fourth-order valence-corrected chi connectivity index (χ4v) is 3.96. The van der Waals surface area contributed by atoms with Crippen LogP contribution in [0.1, 0.15) is 21.6 Å². The Morgan fingerprint density at radius 1 is 1.03 bits per heavy atom. The molecule has 162 valence electrons. The maximum absolute atomic E-state index is 12.8. The molecule has 6 nitrogen and oxygen atoms in total. The van der Waals surface area contributed by atoms with Gasteiger partial charge in [-0.15, -0.1) is 0 Å². The molecule has 2 heterocycles. The van der Waals surface area contributed by atoms with Crippen LogP contribution in [0.5, 0.6) is 5.75 Å². The Balaban J connectivity index is 1.28. The van der Waals surface area contributed by atoms with Crippen LogP contribution in [-0.4, -0.2) is 51.7 Å². The lowest BCUT2D eigenvalue weighted by Gasteiger charge is -2.34. The number of hydrogen-bond acceptors (Lipinski definition) is 4. The zero-order chi connectivity index (χ0) is 21.8. The third-order valence-electron chi connectivity index (χ3n) is 5.29. The van der Waals surface area contributed by atoms with Gasteiger partial charge in [0, 0.05) is 43.9 Å². The van der Waals surface area contributed by atoms with E-state index in [1.54, 1.807) is 35.1 Å². The Bertz CT molecular complexity index is 1040. The number of piperazine rings is 1. The first-order valence-corrected chi connectivity index (χ1v) is 10.9. The van der Waals surface area contributed by atoms with Crippen molar-refractivity contribution in [1.82, 2.24) is 19.6 Å². The van der Waals surface area contributed by atoms with Gasteiger partial charge in [-0.05, 0) is 36.8 Å². The maximum Gasteiger partial charge on any atom is 0.274 e. The smallest absolute Gasteiger partial charge is 0.274 e. The number of hydrogen-bond donors (Lipinski definition) is 0. The van der Waals surface area contributed by atoms with Crippen LogP contribution in [0, 0.1) is 6.92 Å². The number of aryl methyl sites for hydroxylation is 1. The molecule has 0 atom stereocenters. The fourth-order valence-electron chi connectivity index (χ4n) is 3.50. The third-order valence-corrected chi connectivity index (χ3v) is 5.82. The second-order valence-corrected chi connectivity index (χ2v) is 8.49. The van der Waals surface area contributed by atoms with E-state index in [1.807, 2.05) is 4.90 Å². The highest BCUT2D eigenvalue weighted by atomic mass is 35.5. The summed E-state index contributed by atoms with van der Waals surface area (Å²) >= 11 is 12.0. The van der Waals surface area contributed by atoms with Gasteiger partial charge in [0.2, 0.25) is 0 Å². The minimum absolute atomic E-state index is 0.0572. The summed E-state index contributed by atoms with van der Waals surface area (Å²) in [5.74, 6) is 0.456. The number of halogens is 2. The number of benzene rings is 2. The Kier molecular flexibility index (Phi) is 6.80. The number of carbonyl (C=O) groups excluding carboxylic acids is 1. The summed E-state index contributed by atoms with van der Waals surface area (Å²) in [5.41, 5.74) is 2.97. The van der Waals surface area contributed by atoms with Gasteiger partial charge in [0.25, 0.3) is 5.91 Å². The van der Waals surface area contributed by atoms with E-state index in [-0.39, 0.29) is 12.6 Å². The molecule has 0 spiro atoms. The molecule has 1 fully saturated rings. The van der Waals surface area contributed by atoms with Crippen molar-refractivity contribution in [2.75, 3.05) is 26.2 Å². The Morgan fingerprint density at radius 3 is 2.48 bits per heavy atom. The van der Waals surface area contributed by atoms with Crippen LogP contribution in [0.2, 0.25) is 10.0 Å². The number of carbonyl (C=O) groups is 1. The van der Waals surface area contributed by atoms with Gasteiger partial charge in [-0.3, -0.25) is 9.69 Å². The van der Waals surface area contributed by atoms with Crippen molar-refractivity contribution in [3.05, 3.63) is 81.6 Å². The van der Waals surface area contributed by atoms with E-state index >= 15 is 0 Å². The average Bonchev–Trinajstić information content (AvgIpc) is 3.24. The fraction of sp³-hybridized carbons (Fsp3) is 0.304. The molecule has 3 aromatic rings. The predicted octanol–water partition coefficient (Wildman–Crippen LogP) is 4.49. The molecular weight excluding hydrogens is 435 g/mol. The molecule has 1 saturated heterocycles. The van der Waals surface area contributed by atoms with Gasteiger partial charge >= 0.3 is 0 Å². The van der Waals surface area contributed by atoms with E-state index in [2.05, 4.69) is 41.2 Å². The first-order valence-electron chi connectivity index (χ1n) is 10.2. The van der Waals surface area contributed by atoms with E-state index < -0.39 is 0 Å². The molecule has 0 aliphatic carbocycles. The van der Waals surface area contributed by atoms with Crippen molar-refractivity contribution in [1.29, 1.82) is 0 Å². The average molecular weight is 459 g/mol. The Morgan fingerprint density at radius 2 is 1.77 bits per heavy atom. The summed E-state index contributed by atoms with van der Waals surface area (Å²) in [4.78, 5) is 17.1. The topological polar surface area (TPSA) is 50.6 Å². The van der Waals surface area contributed by atoms with Crippen molar-refractivity contribution in [2.45, 2.75) is 20.2 Å². The molecule has 0 bridgehead atoms. The summed E-state index contributed by atoms with van der Waals surface area (Å²) in [6.45, 7) is 6.22. The second kappa shape index (κ2) is 9.73. The first-order chi connectivity index (χ1) is 15.0. The second-order valence-electron chi connectivity index (χ2n) is 7.64. The lowest BCUT2D eigenvalue weighted by Crippen LogP contribution is -2.48. The monoisotopic (exact) mass is 458 g/mol. The third kappa shape index (κ3) is 5.58. The molecule has 4 rings (SSSR count). The zero-order valence-electron chi connectivity index (χ0n) is 17.3. The standard InChI is InChI=1S/C23H24Cl2N4O2/c1-17-2-4-18(5-3-17)15-27-10-12-28(13-11-27)23(30)21-8-9-29(26-21)16-31-22-7-6-19(24)14-20(22)25/h2-9,14H,10-13,15-16H2,1H3. The molecule has 0 saturated carbocycles. The quantitative estimate of drug-likeness (QED) is 0.545. The molecule has 1 amide bonds. The maximum atomic E-state index is 12.8. The molecule has 0 N–H and O–H groups in total. The zero-order valence-corrected chi connectivity index (χ0v) is 18.8. The molecule has 31 heavy (non-hydrogen) atoms. The van der Waals surface area contributed by atoms with Crippen LogP contribution >= 0.6 is 23.2 Å². The highest BCUT2D eigenvalue weighted by Gasteiger charge is 2.23. The first kappa shape index (κ1) is 21.7. The summed E-state index contributed by atoms with van der Waals surface area (Å²) < 4.78 is 7.25. The molecule has 2 aromatic carbocycles. The highest BCUT2D eigenvalue weighted by molar-refractivity contribution is 6.35. The van der Waals surface area contributed by atoms with Crippen LogP contribution in [0.4, 0.5) is 0 Å². The van der Waals surface area contributed by atoms with Crippen LogP contribution < -0.4 is 4.74 Å². The minimum Gasteiger partial charge on any atom is -0.470 e. The number of amides is 1. The van der Waals surface area contributed by atoms with Crippen molar-refractivity contribution in [3.63, 3.8) is 0 Å². The largest absolute Gasteiger partial charge is 0.470 e. The Hall–Kier alpha value is -2.54. The van der Waals surface area contributed by atoms with Gasteiger partial charge in [0.15, 0.2) is 12.4 Å². The number of nitrogens with zero attached hydrogens (tertiary/aromatic N) is 4. The van der Waals surface area contributed by atoms with Crippen LogP contribution in [0.15, 0.2) is 54.7 Å². The van der Waals surface area contributed by atoms with Crippen molar-refractivity contribution < 1.29 is 9.53 Å². The summed E-state index contributed by atoms with van der Waals surface area (Å²) in [6.07, 6.45) is 1.73. The predicted molar refractivity (Wildman–Crippen MR) is 122 cm³/mol. The molecule has 8 heteroatoms. The van der Waals surface area contributed by atoms with Gasteiger partial charge in [-0.1, -0.05) is 53.0 Å². The minimum atomic E-state index is -0.0572. The van der Waals surface area contributed by atoms with E-state index in [1.165, 1.54) is 11.1 Å². The van der Waals surface area contributed by atoms with E-state index in [4.69, 9.17) is 27.9 Å². The van der Waals surface area contributed by atoms with Gasteiger partial charge in [-0.2, -0.15) is 5.10 Å². The summed E-state index contributed by atoms with van der Waals surface area (Å²) in [5, 5.41) is 5.34. The Labute approximate surface area is 191 Å². The van der Waals surface area contributed by atoms with Crippen LogP contribution in [0.3, 0.4) is 0 Å². The van der Waals surface area contributed by atoms with Gasteiger partial charge in [0.05, 0.1) is 5.02 Å². The lowest BCUT2D eigenvalue weighted by atomic mass is 10.1. The van der Waals surface area contributed by atoms with E-state index in [9.17, 15) is 4.79 Å². The van der Waals surface area contributed by atoms with E-state index in [0.29, 0.717) is 34.6 Å². The highest BCUT2D eigenvalue weighted by Crippen LogP contribution is 2.27. The summed E-state index contributed by atoms with van der Waals surface area (Å²) in [6, 6.07) is 15.3. The van der Waals surface area contributed by atoms with Crippen molar-refractivity contribution in [3.8, 4) is 5.75 Å². The number of aromatic nitrogens is 2. The molecule has 0 unspecified atom stereocenters. The van der Waals surface area contributed by atoms with Gasteiger partial charge in [0.1, 0.15) is 5.75 Å². The van der Waals surface area contributed by atoms with Gasteiger partial charge < -0.3 is 9.64 Å². The molecule has 1 aliphatic rings. The normalized spacial score (nSPS) is 14.6.